The van der Waals surface area contributed by atoms with Crippen LogP contribution in [0.1, 0.15) is 22.0 Å². The smallest absolute Gasteiger partial charge is 0.272 e. The van der Waals surface area contributed by atoms with E-state index < -0.39 is 15.1 Å². The van der Waals surface area contributed by atoms with Crippen LogP contribution in [-0.2, 0) is 16.9 Å². The highest BCUT2D eigenvalue weighted by molar-refractivity contribution is 7.92. The highest BCUT2D eigenvalue weighted by Crippen LogP contribution is 2.46. The van der Waals surface area contributed by atoms with E-state index in [0.717, 1.165) is 16.7 Å². The van der Waals surface area contributed by atoms with Crippen molar-refractivity contribution in [1.82, 2.24) is 14.7 Å². The zero-order chi connectivity index (χ0) is 19.5. The van der Waals surface area contributed by atoms with Gasteiger partial charge in [0.15, 0.2) is 9.84 Å². The van der Waals surface area contributed by atoms with E-state index in [0.29, 0.717) is 17.1 Å². The van der Waals surface area contributed by atoms with Crippen LogP contribution >= 0.6 is 0 Å². The molecular weight excluding hydrogens is 374 g/mol. The molecule has 1 aromatic heterocycles. The number of carbonyl (C=O) groups excluding carboxylic acids is 1. The maximum atomic E-state index is 13.1. The number of aromatic nitrogens is 2. The van der Waals surface area contributed by atoms with Gasteiger partial charge in [0.25, 0.3) is 5.91 Å². The quantitative estimate of drug-likeness (QED) is 0.671. The molecule has 0 spiro atoms. The van der Waals surface area contributed by atoms with Crippen LogP contribution in [0, 0.1) is 0 Å². The number of amides is 1. The van der Waals surface area contributed by atoms with Crippen LogP contribution < -0.4 is 0 Å². The first kappa shape index (κ1) is 17.2. The van der Waals surface area contributed by atoms with Gasteiger partial charge in [0, 0.05) is 32.3 Å². The van der Waals surface area contributed by atoms with Gasteiger partial charge in [-0.25, -0.2) is 8.42 Å². The lowest BCUT2D eigenvalue weighted by Gasteiger charge is -2.18. The molecule has 142 valence electrons. The molecule has 1 saturated heterocycles. The first-order valence-electron chi connectivity index (χ1n) is 9.17. The second-order valence-electron chi connectivity index (χ2n) is 7.36. The third kappa shape index (κ3) is 2.43. The number of benzene rings is 2. The van der Waals surface area contributed by atoms with Crippen molar-refractivity contribution in [2.75, 3.05) is 13.1 Å². The maximum absolute atomic E-state index is 13.1. The Balaban J connectivity index is 1.53. The number of sulfone groups is 1. The molecule has 2 atom stereocenters. The monoisotopic (exact) mass is 393 g/mol. The Bertz CT molecular complexity index is 1180. The van der Waals surface area contributed by atoms with Gasteiger partial charge in [-0.1, -0.05) is 36.4 Å². The van der Waals surface area contributed by atoms with Gasteiger partial charge in [0.1, 0.15) is 5.69 Å². The first-order valence-corrected chi connectivity index (χ1v) is 10.7. The summed E-state index contributed by atoms with van der Waals surface area (Å²) >= 11 is 0. The average molecular weight is 393 g/mol. The van der Waals surface area contributed by atoms with Gasteiger partial charge in [0.05, 0.1) is 10.1 Å². The SMILES string of the molecule is Cn1nccc1C(=O)N1C[C@@H]2c3cc(-c4ccccc4)ccc3S(=O)(=O)[C@H]2C1. The van der Waals surface area contributed by atoms with Crippen molar-refractivity contribution in [2.24, 2.45) is 7.05 Å². The number of carbonyl (C=O) groups is 1. The summed E-state index contributed by atoms with van der Waals surface area (Å²) in [6.45, 7) is 0.617. The molecule has 0 saturated carbocycles. The van der Waals surface area contributed by atoms with Gasteiger partial charge < -0.3 is 4.90 Å². The van der Waals surface area contributed by atoms with E-state index in [-0.39, 0.29) is 18.4 Å². The molecule has 0 aliphatic carbocycles. The average Bonchev–Trinajstić information content (AvgIpc) is 3.38. The lowest BCUT2D eigenvalue weighted by molar-refractivity contribution is 0.0780. The van der Waals surface area contributed by atoms with Gasteiger partial charge in [0.2, 0.25) is 0 Å². The number of nitrogens with zero attached hydrogens (tertiary/aromatic N) is 3. The van der Waals surface area contributed by atoms with Gasteiger partial charge in [-0.2, -0.15) is 5.10 Å². The Hall–Kier alpha value is -2.93. The highest BCUT2D eigenvalue weighted by Gasteiger charge is 2.51. The Morgan fingerprint density at radius 1 is 1.04 bits per heavy atom. The molecule has 6 nitrogen and oxygen atoms in total. The highest BCUT2D eigenvalue weighted by atomic mass is 32.2. The lowest BCUT2D eigenvalue weighted by Crippen LogP contribution is -2.32. The summed E-state index contributed by atoms with van der Waals surface area (Å²) in [4.78, 5) is 14.9. The van der Waals surface area contributed by atoms with Gasteiger partial charge >= 0.3 is 0 Å². The normalized spacial score (nSPS) is 22.1. The number of fused-ring (bicyclic) bond motifs is 3. The zero-order valence-corrected chi connectivity index (χ0v) is 16.1. The number of hydrogen-bond acceptors (Lipinski definition) is 4. The molecular formula is C21H19N3O3S. The molecule has 0 bridgehead atoms. The number of aryl methyl sites for hydroxylation is 1. The third-order valence-electron chi connectivity index (χ3n) is 5.81. The number of likely N-dealkylation sites (tertiary alicyclic amines) is 1. The Morgan fingerprint density at radius 2 is 1.82 bits per heavy atom. The van der Waals surface area contributed by atoms with Crippen LogP contribution in [0.3, 0.4) is 0 Å². The minimum Gasteiger partial charge on any atom is -0.335 e. The number of rotatable bonds is 2. The van der Waals surface area contributed by atoms with Crippen LogP contribution in [0.25, 0.3) is 11.1 Å². The van der Waals surface area contributed by atoms with E-state index in [1.807, 2.05) is 42.5 Å². The van der Waals surface area contributed by atoms with Crippen molar-refractivity contribution < 1.29 is 13.2 Å². The van der Waals surface area contributed by atoms with E-state index in [1.165, 1.54) is 4.68 Å². The summed E-state index contributed by atoms with van der Waals surface area (Å²) < 4.78 is 27.7. The van der Waals surface area contributed by atoms with Crippen molar-refractivity contribution in [3.05, 3.63) is 72.1 Å². The van der Waals surface area contributed by atoms with Crippen molar-refractivity contribution in [3.8, 4) is 11.1 Å². The minimum absolute atomic E-state index is 0.176. The summed E-state index contributed by atoms with van der Waals surface area (Å²) in [6, 6.07) is 17.1. The molecule has 28 heavy (non-hydrogen) atoms. The molecule has 1 fully saturated rings. The van der Waals surface area contributed by atoms with E-state index in [4.69, 9.17) is 0 Å². The van der Waals surface area contributed by atoms with E-state index in [1.54, 1.807) is 30.3 Å². The topological polar surface area (TPSA) is 72.3 Å². The Labute approximate surface area is 163 Å². The van der Waals surface area contributed by atoms with Gasteiger partial charge in [-0.15, -0.1) is 0 Å². The fourth-order valence-electron chi connectivity index (χ4n) is 4.37. The molecule has 2 aliphatic heterocycles. The molecule has 0 N–H and O–H groups in total. The first-order chi connectivity index (χ1) is 13.5. The van der Waals surface area contributed by atoms with Crippen LogP contribution in [-0.4, -0.2) is 47.3 Å². The molecule has 3 heterocycles. The van der Waals surface area contributed by atoms with E-state index in [9.17, 15) is 13.2 Å². The van der Waals surface area contributed by atoms with Gasteiger partial charge in [-0.05, 0) is 34.9 Å². The van der Waals surface area contributed by atoms with E-state index in [2.05, 4.69) is 5.10 Å². The summed E-state index contributed by atoms with van der Waals surface area (Å²) in [5.41, 5.74) is 3.33. The van der Waals surface area contributed by atoms with Crippen molar-refractivity contribution in [1.29, 1.82) is 0 Å². The van der Waals surface area contributed by atoms with Crippen molar-refractivity contribution in [3.63, 3.8) is 0 Å². The predicted molar refractivity (Wildman–Crippen MR) is 105 cm³/mol. The lowest BCUT2D eigenvalue weighted by atomic mass is 9.94. The standard InChI is InChI=1S/C21H19N3O3S/c1-23-18(9-10-22-23)21(25)24-12-17-16-11-15(14-5-3-2-4-6-14)7-8-19(16)28(26,27)20(17)13-24/h2-11,17,20H,12-13H2,1H3/t17-,20+/m1/s1. The van der Waals surface area contributed by atoms with Crippen LogP contribution in [0.15, 0.2) is 65.7 Å². The summed E-state index contributed by atoms with van der Waals surface area (Å²) in [6.07, 6.45) is 1.57. The molecule has 7 heteroatoms. The Kier molecular flexibility index (Phi) is 3.71. The third-order valence-corrected chi connectivity index (χ3v) is 8.07. The molecule has 0 radical (unpaired) electrons. The van der Waals surface area contributed by atoms with Crippen molar-refractivity contribution >= 4 is 15.7 Å². The largest absolute Gasteiger partial charge is 0.335 e. The minimum atomic E-state index is -3.44. The molecule has 3 aromatic rings. The molecule has 1 amide bonds. The van der Waals surface area contributed by atoms with E-state index >= 15 is 0 Å². The summed E-state index contributed by atoms with van der Waals surface area (Å²) in [5, 5.41) is 3.46. The number of hydrogen-bond donors (Lipinski definition) is 0. The molecule has 2 aromatic carbocycles. The fraction of sp³-hybridized carbons (Fsp3) is 0.238. The summed E-state index contributed by atoms with van der Waals surface area (Å²) in [5.74, 6) is -0.369. The fourth-order valence-corrected chi connectivity index (χ4v) is 6.53. The zero-order valence-electron chi connectivity index (χ0n) is 15.3. The second kappa shape index (κ2) is 6.04. The molecule has 2 aliphatic rings. The van der Waals surface area contributed by atoms with Crippen molar-refractivity contribution in [2.45, 2.75) is 16.1 Å². The van der Waals surface area contributed by atoms with Crippen LogP contribution in [0.4, 0.5) is 0 Å². The van der Waals surface area contributed by atoms with Crippen LogP contribution in [0.5, 0.6) is 0 Å². The maximum Gasteiger partial charge on any atom is 0.272 e. The molecule has 0 unspecified atom stereocenters. The summed E-state index contributed by atoms with van der Waals surface area (Å²) in [7, 11) is -1.73. The van der Waals surface area contributed by atoms with Gasteiger partial charge in [-0.3, -0.25) is 9.48 Å². The second-order valence-corrected chi connectivity index (χ2v) is 9.49. The Morgan fingerprint density at radius 3 is 2.54 bits per heavy atom. The van der Waals surface area contributed by atoms with Crippen LogP contribution in [0.2, 0.25) is 0 Å². The molecule has 5 rings (SSSR count). The predicted octanol–water partition coefficient (Wildman–Crippen LogP) is 2.48.